The van der Waals surface area contributed by atoms with Gasteiger partial charge in [0.2, 0.25) is 17.6 Å². The second-order valence-corrected chi connectivity index (χ2v) is 17.9. The van der Waals surface area contributed by atoms with Crippen LogP contribution in [0.15, 0.2) is 0 Å². The van der Waals surface area contributed by atoms with Gasteiger partial charge in [0.1, 0.15) is 12.1 Å². The van der Waals surface area contributed by atoms with E-state index in [2.05, 4.69) is 35.1 Å². The molecule has 6 rings (SSSR count). The first-order chi connectivity index (χ1) is 22.8. The van der Waals surface area contributed by atoms with Crippen molar-refractivity contribution in [3.8, 4) is 0 Å². The van der Waals surface area contributed by atoms with E-state index >= 15 is 0 Å². The highest BCUT2D eigenvalue weighted by molar-refractivity contribution is 7.92. The van der Waals surface area contributed by atoms with Gasteiger partial charge < -0.3 is 30.9 Å². The Labute approximate surface area is 283 Å². The van der Waals surface area contributed by atoms with Crippen LogP contribution in [0, 0.1) is 17.3 Å². The SMILES string of the molecule is CC1(C)[C@@H]2[C@H]3C(=O)N[C@@H](C(=O)C(=O)NC4CC4)CCCCCCCC[C@@H](NC(=O)NC4(C5OCCS5(=O)=O)CCCCC4)C(=O)N3C[C@@H]21. The number of carbonyl (C=O) groups excluding carboxylic acids is 5. The van der Waals surface area contributed by atoms with Crippen molar-refractivity contribution in [2.75, 3.05) is 18.9 Å². The summed E-state index contributed by atoms with van der Waals surface area (Å²) in [6, 6.07) is -3.33. The molecule has 6 aliphatic rings. The molecule has 0 aromatic rings. The number of hydrogen-bond donors (Lipinski definition) is 4. The summed E-state index contributed by atoms with van der Waals surface area (Å²) in [5.74, 6) is -2.24. The maximum absolute atomic E-state index is 14.4. The molecule has 0 spiro atoms. The summed E-state index contributed by atoms with van der Waals surface area (Å²) in [6.45, 7) is 4.59. The second kappa shape index (κ2) is 13.9. The van der Waals surface area contributed by atoms with Crippen LogP contribution in [-0.4, -0.2) is 96.9 Å². The van der Waals surface area contributed by atoms with Crippen molar-refractivity contribution < 1.29 is 37.1 Å². The first-order valence-electron chi connectivity index (χ1n) is 18.2. The van der Waals surface area contributed by atoms with Gasteiger partial charge in [-0.15, -0.1) is 0 Å². The fourth-order valence-corrected chi connectivity index (χ4v) is 10.7. The Bertz CT molecular complexity index is 1390. The molecule has 268 valence electrons. The normalized spacial score (nSPS) is 34.8. The highest BCUT2D eigenvalue weighted by Crippen LogP contribution is 2.65. The summed E-state index contributed by atoms with van der Waals surface area (Å²) >= 11 is 0. The van der Waals surface area contributed by atoms with Gasteiger partial charge in [-0.05, 0) is 55.8 Å². The maximum Gasteiger partial charge on any atom is 0.315 e. The van der Waals surface area contributed by atoms with Crippen LogP contribution in [0.25, 0.3) is 0 Å². The van der Waals surface area contributed by atoms with Gasteiger partial charge in [-0.1, -0.05) is 71.6 Å². The monoisotopic (exact) mass is 691 g/mol. The van der Waals surface area contributed by atoms with Crippen LogP contribution < -0.4 is 21.3 Å². The van der Waals surface area contributed by atoms with Crippen molar-refractivity contribution in [3.05, 3.63) is 0 Å². The van der Waals surface area contributed by atoms with Gasteiger partial charge in [-0.25, -0.2) is 13.2 Å². The number of amides is 5. The minimum absolute atomic E-state index is 0.0140. The fraction of sp³-hybridized carbons (Fsp3) is 0.853. The number of piperidine rings is 1. The van der Waals surface area contributed by atoms with E-state index in [1.54, 1.807) is 4.90 Å². The second-order valence-electron chi connectivity index (χ2n) is 15.7. The molecule has 5 amide bonds. The quantitative estimate of drug-likeness (QED) is 0.306. The molecule has 0 bridgehead atoms. The smallest absolute Gasteiger partial charge is 0.315 e. The summed E-state index contributed by atoms with van der Waals surface area (Å²) in [5.41, 5.74) is -2.37. The average Bonchev–Trinajstić information content (AvgIpc) is 3.82. The van der Waals surface area contributed by atoms with Crippen LogP contribution in [0.4, 0.5) is 4.79 Å². The molecule has 3 saturated heterocycles. The molecule has 6 fully saturated rings. The molecule has 1 unspecified atom stereocenters. The highest BCUT2D eigenvalue weighted by atomic mass is 32.2. The summed E-state index contributed by atoms with van der Waals surface area (Å²) in [7, 11) is -3.55. The summed E-state index contributed by atoms with van der Waals surface area (Å²) in [6.07, 6.45) is 10.7. The predicted molar refractivity (Wildman–Crippen MR) is 176 cm³/mol. The van der Waals surface area contributed by atoms with Crippen LogP contribution in [-0.2, 0) is 33.8 Å². The zero-order chi connectivity index (χ0) is 34.3. The van der Waals surface area contributed by atoms with Gasteiger partial charge in [0.25, 0.3) is 5.91 Å². The van der Waals surface area contributed by atoms with Gasteiger partial charge in [-0.3, -0.25) is 19.2 Å². The van der Waals surface area contributed by atoms with E-state index in [1.807, 2.05) is 0 Å². The van der Waals surface area contributed by atoms with Crippen LogP contribution in [0.1, 0.15) is 110 Å². The van der Waals surface area contributed by atoms with Gasteiger partial charge in [0.05, 0.1) is 23.9 Å². The number of nitrogens with one attached hydrogen (secondary N) is 4. The number of Topliss-reactive ketones (excluding diaryl/α,β-unsaturated/α-hetero) is 1. The van der Waals surface area contributed by atoms with E-state index in [1.165, 1.54) is 0 Å². The number of rotatable bonds is 6. The summed E-state index contributed by atoms with van der Waals surface area (Å²) in [5, 5.41) is 11.5. The van der Waals surface area contributed by atoms with Gasteiger partial charge in [0.15, 0.2) is 15.3 Å². The number of hydrogen-bond acceptors (Lipinski definition) is 8. The Hall–Kier alpha value is -2.74. The molecule has 13 nitrogen and oxygen atoms in total. The van der Waals surface area contributed by atoms with E-state index in [4.69, 9.17) is 4.74 Å². The summed E-state index contributed by atoms with van der Waals surface area (Å²) < 4.78 is 31.6. The number of nitrogens with zero attached hydrogens (tertiary/aromatic N) is 1. The molecular weight excluding hydrogens is 638 g/mol. The predicted octanol–water partition coefficient (Wildman–Crippen LogP) is 2.08. The largest absolute Gasteiger partial charge is 0.359 e. The standard InChI is InChI=1S/C34H53N5O8S/c1-33(2)22-20-39-26(25(22)33)28(41)36-23(27(40)29(42)35-21-14-15-21)12-8-5-3-4-6-9-13-24(30(39)43)37-32(44)38-34(16-10-7-11-17-34)31-47-18-19-48(31,45)46/h21-26,31H,3-20H2,1-2H3,(H,35,42)(H,36,41)(H2,37,38,44)/t22-,23+,24+,25-,26-,31?/m0/s1. The lowest BCUT2D eigenvalue weighted by Gasteiger charge is -2.41. The third-order valence-electron chi connectivity index (χ3n) is 11.9. The lowest BCUT2D eigenvalue weighted by atomic mass is 9.82. The number of urea groups is 1. The molecule has 14 heteroatoms. The Morgan fingerprint density at radius 2 is 1.52 bits per heavy atom. The van der Waals surface area contributed by atoms with Crippen molar-refractivity contribution in [2.24, 2.45) is 17.3 Å². The van der Waals surface area contributed by atoms with Crippen LogP contribution >= 0.6 is 0 Å². The van der Waals surface area contributed by atoms with Crippen molar-refractivity contribution in [1.29, 1.82) is 0 Å². The molecule has 0 aromatic heterocycles. The highest BCUT2D eigenvalue weighted by Gasteiger charge is 2.69. The van der Waals surface area contributed by atoms with Crippen LogP contribution in [0.3, 0.4) is 0 Å². The molecule has 3 aliphatic carbocycles. The van der Waals surface area contributed by atoms with E-state index < -0.39 is 62.6 Å². The molecular formula is C34H53N5O8S. The lowest BCUT2D eigenvalue weighted by molar-refractivity contribution is -0.144. The average molecular weight is 692 g/mol. The Kier molecular flexibility index (Phi) is 10.1. The minimum Gasteiger partial charge on any atom is -0.359 e. The Morgan fingerprint density at radius 1 is 0.875 bits per heavy atom. The number of ether oxygens (including phenoxy) is 1. The van der Waals surface area contributed by atoms with Crippen molar-refractivity contribution in [1.82, 2.24) is 26.2 Å². The van der Waals surface area contributed by atoms with E-state index in [0.717, 1.165) is 57.8 Å². The molecule has 0 aromatic carbocycles. The van der Waals surface area contributed by atoms with E-state index in [0.29, 0.717) is 45.1 Å². The minimum atomic E-state index is -3.55. The van der Waals surface area contributed by atoms with Gasteiger partial charge in [0, 0.05) is 12.6 Å². The molecule has 6 atom stereocenters. The molecule has 4 N–H and O–H groups in total. The molecule has 0 radical (unpaired) electrons. The van der Waals surface area contributed by atoms with Gasteiger partial charge >= 0.3 is 6.03 Å². The van der Waals surface area contributed by atoms with Crippen LogP contribution in [0.5, 0.6) is 0 Å². The number of ketones is 1. The Balaban J connectivity index is 1.21. The molecule has 3 saturated carbocycles. The summed E-state index contributed by atoms with van der Waals surface area (Å²) in [4.78, 5) is 69.7. The number of sulfone groups is 1. The van der Waals surface area contributed by atoms with Crippen molar-refractivity contribution in [2.45, 2.75) is 145 Å². The molecule has 48 heavy (non-hydrogen) atoms. The lowest BCUT2D eigenvalue weighted by Crippen LogP contribution is -2.64. The third-order valence-corrected chi connectivity index (χ3v) is 13.9. The van der Waals surface area contributed by atoms with Gasteiger partial charge in [-0.2, -0.15) is 0 Å². The number of fused-ring (bicyclic) bond motifs is 3. The van der Waals surface area contributed by atoms with Crippen LogP contribution in [0.2, 0.25) is 0 Å². The van der Waals surface area contributed by atoms with Crippen molar-refractivity contribution in [3.63, 3.8) is 0 Å². The zero-order valence-electron chi connectivity index (χ0n) is 28.4. The topological polar surface area (TPSA) is 180 Å². The fourth-order valence-electron chi connectivity index (χ4n) is 8.85. The Morgan fingerprint density at radius 3 is 2.17 bits per heavy atom. The first-order valence-corrected chi connectivity index (χ1v) is 19.9. The zero-order valence-corrected chi connectivity index (χ0v) is 29.2. The maximum atomic E-state index is 14.4. The number of carbonyl (C=O) groups is 5. The molecule has 3 aliphatic heterocycles. The van der Waals surface area contributed by atoms with E-state index in [9.17, 15) is 32.4 Å². The first kappa shape index (κ1) is 35.1. The third kappa shape index (κ3) is 7.25. The van der Waals surface area contributed by atoms with E-state index in [-0.39, 0.29) is 41.6 Å². The molecule has 3 heterocycles. The van der Waals surface area contributed by atoms with Crippen molar-refractivity contribution >= 4 is 39.4 Å².